The van der Waals surface area contributed by atoms with Crippen LogP contribution >= 0.6 is 0 Å². The molecule has 21 heavy (non-hydrogen) atoms. The lowest BCUT2D eigenvalue weighted by Gasteiger charge is -2.31. The summed E-state index contributed by atoms with van der Waals surface area (Å²) in [5.74, 6) is 0.598. The molecule has 0 bridgehead atoms. The maximum atomic E-state index is 12.0. The molecule has 0 saturated carbocycles. The number of anilines is 1. The molecule has 0 aliphatic carbocycles. The van der Waals surface area contributed by atoms with E-state index in [0.29, 0.717) is 12.2 Å². The summed E-state index contributed by atoms with van der Waals surface area (Å²) < 4.78 is 25.1. The maximum Gasteiger partial charge on any atom is 0.244 e. The van der Waals surface area contributed by atoms with E-state index in [1.807, 2.05) is 0 Å². The molecule has 0 spiro atoms. The third-order valence-electron chi connectivity index (χ3n) is 3.30. The molecule has 0 fully saturated rings. The summed E-state index contributed by atoms with van der Waals surface area (Å²) in [6, 6.07) is 3.22. The zero-order chi connectivity index (χ0) is 16.3. The van der Waals surface area contributed by atoms with Crippen LogP contribution in [0.3, 0.4) is 0 Å². The van der Waals surface area contributed by atoms with Crippen molar-refractivity contribution in [1.29, 1.82) is 0 Å². The monoisotopic (exact) mass is 315 g/mol. The fraction of sp³-hybridized carbons (Fsp3) is 0.643. The van der Waals surface area contributed by atoms with Crippen LogP contribution in [0.2, 0.25) is 0 Å². The van der Waals surface area contributed by atoms with Gasteiger partial charge < -0.3 is 10.4 Å². The molecular weight excluding hydrogens is 290 g/mol. The van der Waals surface area contributed by atoms with Gasteiger partial charge in [0.1, 0.15) is 10.7 Å². The van der Waals surface area contributed by atoms with Crippen LogP contribution in [0.4, 0.5) is 5.82 Å². The smallest absolute Gasteiger partial charge is 0.244 e. The number of aliphatic hydroxyl groups excluding tert-OH is 1. The molecule has 2 N–H and O–H groups in total. The average molecular weight is 315 g/mol. The second-order valence-corrected chi connectivity index (χ2v) is 8.39. The van der Waals surface area contributed by atoms with Crippen molar-refractivity contribution in [2.24, 2.45) is 5.41 Å². The molecule has 0 saturated heterocycles. The molecule has 1 unspecified atom stereocenters. The lowest BCUT2D eigenvalue weighted by Crippen LogP contribution is -2.35. The zero-order valence-corrected chi connectivity index (χ0v) is 14.1. The standard InChI is InChI=1S/C14H25N3O3S/c1-14(2,3)12(8-9-18)16-13-7-6-11(10-15-13)21(19,20)17(4)5/h6-7,10,12,18H,8-9H2,1-5H3,(H,15,16). The highest BCUT2D eigenvalue weighted by Gasteiger charge is 2.24. The quantitative estimate of drug-likeness (QED) is 0.832. The maximum absolute atomic E-state index is 12.0. The molecule has 0 aromatic carbocycles. The summed E-state index contributed by atoms with van der Waals surface area (Å²) in [5, 5.41) is 12.4. The first-order valence-corrected chi connectivity index (χ1v) is 8.29. The highest BCUT2D eigenvalue weighted by Crippen LogP contribution is 2.25. The molecule has 0 amide bonds. The lowest BCUT2D eigenvalue weighted by atomic mass is 9.85. The van der Waals surface area contributed by atoms with E-state index in [0.717, 1.165) is 4.31 Å². The van der Waals surface area contributed by atoms with Gasteiger partial charge in [-0.15, -0.1) is 0 Å². The lowest BCUT2D eigenvalue weighted by molar-refractivity contribution is 0.235. The Balaban J connectivity index is 2.93. The molecule has 0 aliphatic heterocycles. The summed E-state index contributed by atoms with van der Waals surface area (Å²) in [7, 11) is -0.489. The van der Waals surface area contributed by atoms with Crippen molar-refractivity contribution in [1.82, 2.24) is 9.29 Å². The van der Waals surface area contributed by atoms with Crippen LogP contribution in [0.25, 0.3) is 0 Å². The summed E-state index contributed by atoms with van der Waals surface area (Å²) in [4.78, 5) is 4.32. The summed E-state index contributed by atoms with van der Waals surface area (Å²) in [6.07, 6.45) is 1.94. The summed E-state index contributed by atoms with van der Waals surface area (Å²) >= 11 is 0. The van der Waals surface area contributed by atoms with E-state index in [4.69, 9.17) is 5.11 Å². The topological polar surface area (TPSA) is 82.5 Å². The predicted molar refractivity (Wildman–Crippen MR) is 83.7 cm³/mol. The number of hydrogen-bond donors (Lipinski definition) is 2. The van der Waals surface area contributed by atoms with Gasteiger partial charge in [-0.05, 0) is 24.0 Å². The second kappa shape index (κ2) is 6.72. The molecule has 1 aromatic rings. The molecule has 6 nitrogen and oxygen atoms in total. The van der Waals surface area contributed by atoms with E-state index >= 15 is 0 Å². The average Bonchev–Trinajstić information content (AvgIpc) is 2.37. The number of aliphatic hydroxyl groups is 1. The van der Waals surface area contributed by atoms with Gasteiger partial charge >= 0.3 is 0 Å². The van der Waals surface area contributed by atoms with E-state index in [-0.39, 0.29) is 23.0 Å². The van der Waals surface area contributed by atoms with Crippen molar-refractivity contribution < 1.29 is 13.5 Å². The number of pyridine rings is 1. The van der Waals surface area contributed by atoms with Crippen LogP contribution in [0.15, 0.2) is 23.2 Å². The van der Waals surface area contributed by atoms with Crippen molar-refractivity contribution in [2.45, 2.75) is 38.1 Å². The molecule has 1 atom stereocenters. The second-order valence-electron chi connectivity index (χ2n) is 6.24. The molecule has 120 valence electrons. The van der Waals surface area contributed by atoms with Crippen molar-refractivity contribution in [2.75, 3.05) is 26.0 Å². The van der Waals surface area contributed by atoms with Crippen molar-refractivity contribution >= 4 is 15.8 Å². The first-order valence-electron chi connectivity index (χ1n) is 6.85. The summed E-state index contributed by atoms with van der Waals surface area (Å²) in [6.45, 7) is 6.31. The van der Waals surface area contributed by atoms with Crippen LogP contribution in [-0.2, 0) is 10.0 Å². The van der Waals surface area contributed by atoms with E-state index < -0.39 is 10.0 Å². The van der Waals surface area contributed by atoms with Crippen LogP contribution in [0.5, 0.6) is 0 Å². The molecule has 0 aliphatic rings. The normalized spacial score (nSPS) is 14.2. The van der Waals surface area contributed by atoms with Crippen LogP contribution in [0, 0.1) is 5.41 Å². The number of nitrogens with one attached hydrogen (secondary N) is 1. The predicted octanol–water partition coefficient (Wildman–Crippen LogP) is 1.54. The zero-order valence-electron chi connectivity index (χ0n) is 13.3. The summed E-state index contributed by atoms with van der Waals surface area (Å²) in [5.41, 5.74) is -0.0429. The first kappa shape index (κ1) is 17.9. The fourth-order valence-electron chi connectivity index (χ4n) is 1.86. The highest BCUT2D eigenvalue weighted by molar-refractivity contribution is 7.89. The first-order chi connectivity index (χ1) is 9.59. The Kier molecular flexibility index (Phi) is 5.72. The molecule has 1 aromatic heterocycles. The van der Waals surface area contributed by atoms with E-state index in [1.165, 1.54) is 26.4 Å². The molecule has 1 heterocycles. The van der Waals surface area contributed by atoms with Crippen molar-refractivity contribution in [3.63, 3.8) is 0 Å². The van der Waals surface area contributed by atoms with Gasteiger partial charge in [-0.3, -0.25) is 0 Å². The fourth-order valence-corrected chi connectivity index (χ4v) is 2.71. The minimum Gasteiger partial charge on any atom is -0.396 e. The number of rotatable bonds is 6. The van der Waals surface area contributed by atoms with Gasteiger partial charge in [0.25, 0.3) is 0 Å². The van der Waals surface area contributed by atoms with E-state index in [9.17, 15) is 8.42 Å². The van der Waals surface area contributed by atoms with E-state index in [2.05, 4.69) is 31.1 Å². The Bertz CT molecular complexity index is 548. The van der Waals surface area contributed by atoms with Gasteiger partial charge in [-0.1, -0.05) is 20.8 Å². The van der Waals surface area contributed by atoms with Gasteiger partial charge in [-0.2, -0.15) is 0 Å². The SMILES string of the molecule is CN(C)S(=O)(=O)c1ccc(NC(CCO)C(C)(C)C)nc1. The highest BCUT2D eigenvalue weighted by atomic mass is 32.2. The number of sulfonamides is 1. The Labute approximate surface area is 127 Å². The van der Waals surface area contributed by atoms with Crippen LogP contribution in [0.1, 0.15) is 27.2 Å². The minimum atomic E-state index is -3.46. The third-order valence-corrected chi connectivity index (χ3v) is 5.10. The third kappa shape index (κ3) is 4.66. The van der Waals surface area contributed by atoms with Gasteiger partial charge in [0.2, 0.25) is 10.0 Å². The minimum absolute atomic E-state index is 0.0429. The number of aromatic nitrogens is 1. The van der Waals surface area contributed by atoms with Gasteiger partial charge in [0.05, 0.1) is 0 Å². The molecule has 7 heteroatoms. The molecular formula is C14H25N3O3S. The van der Waals surface area contributed by atoms with Gasteiger partial charge in [-0.25, -0.2) is 17.7 Å². The number of hydrogen-bond acceptors (Lipinski definition) is 5. The van der Waals surface area contributed by atoms with Crippen LogP contribution < -0.4 is 5.32 Å². The van der Waals surface area contributed by atoms with Crippen molar-refractivity contribution in [3.05, 3.63) is 18.3 Å². The Morgan fingerprint density at radius 3 is 2.33 bits per heavy atom. The Morgan fingerprint density at radius 1 is 1.33 bits per heavy atom. The number of nitrogens with zero attached hydrogens (tertiary/aromatic N) is 2. The Hall–Kier alpha value is -1.18. The van der Waals surface area contributed by atoms with Gasteiger partial charge in [0.15, 0.2) is 0 Å². The van der Waals surface area contributed by atoms with Gasteiger partial charge in [0, 0.05) is 32.9 Å². The largest absolute Gasteiger partial charge is 0.396 e. The molecule has 1 rings (SSSR count). The Morgan fingerprint density at radius 2 is 1.95 bits per heavy atom. The molecule has 0 radical (unpaired) electrons. The van der Waals surface area contributed by atoms with Crippen LogP contribution in [-0.4, -0.2) is 49.6 Å². The van der Waals surface area contributed by atoms with Crippen molar-refractivity contribution in [3.8, 4) is 0 Å². The van der Waals surface area contributed by atoms with E-state index in [1.54, 1.807) is 6.07 Å².